The number of rotatable bonds is 14. The number of methoxy groups -OCH3 is 1. The van der Waals surface area contributed by atoms with Crippen molar-refractivity contribution in [1.29, 1.82) is 0 Å². The second-order valence-corrected chi connectivity index (χ2v) is 11.6. The number of ether oxygens (including phenoxy) is 1. The van der Waals surface area contributed by atoms with Gasteiger partial charge in [0, 0.05) is 36.5 Å². The number of hydrogen-bond acceptors (Lipinski definition) is 7. The van der Waals surface area contributed by atoms with E-state index in [4.69, 9.17) is 4.74 Å². The molecule has 0 aliphatic heterocycles. The summed E-state index contributed by atoms with van der Waals surface area (Å²) in [7, 11) is 1.49. The number of aliphatic hydroxyl groups is 1. The standard InChI is InChI=1S/C35H41N5O3/c1-24(2)27-10-7-11-28(19-27)35(16-17-35)38-21-32(41)31(40-34(42)22-43-3)18-25-12-14-29(15-13-25)39-33-20-30(36-23-37-33)26-8-5-4-6-9-26/h4-15,19-20,23-24,31-32,38,41H,16-18,21-22H2,1-3H3,(H,40,42)(H,36,37,39)/t31-,32+/m0/s1. The van der Waals surface area contributed by atoms with Crippen molar-refractivity contribution in [2.45, 2.75) is 56.7 Å². The van der Waals surface area contributed by atoms with E-state index in [1.54, 1.807) is 6.33 Å². The minimum absolute atomic E-state index is 0.0602. The van der Waals surface area contributed by atoms with Gasteiger partial charge >= 0.3 is 0 Å². The Labute approximate surface area is 253 Å². The molecule has 4 aromatic rings. The van der Waals surface area contributed by atoms with Gasteiger partial charge in [-0.25, -0.2) is 9.97 Å². The minimum Gasteiger partial charge on any atom is -0.390 e. The average molecular weight is 580 g/mol. The Hall–Kier alpha value is -4.11. The number of aliphatic hydroxyl groups excluding tert-OH is 1. The lowest BCUT2D eigenvalue weighted by atomic mass is 9.96. The summed E-state index contributed by atoms with van der Waals surface area (Å²) >= 11 is 0. The van der Waals surface area contributed by atoms with Crippen molar-refractivity contribution < 1.29 is 14.6 Å². The number of carbonyl (C=O) groups excluding carboxylic acids is 1. The Morgan fingerprint density at radius 1 is 0.977 bits per heavy atom. The minimum atomic E-state index is -0.790. The molecular weight excluding hydrogens is 538 g/mol. The molecule has 43 heavy (non-hydrogen) atoms. The number of carbonyl (C=O) groups is 1. The monoisotopic (exact) mass is 579 g/mol. The largest absolute Gasteiger partial charge is 0.390 e. The molecule has 0 bridgehead atoms. The van der Waals surface area contributed by atoms with E-state index >= 15 is 0 Å². The van der Waals surface area contributed by atoms with E-state index in [0.29, 0.717) is 24.7 Å². The molecule has 3 aromatic carbocycles. The van der Waals surface area contributed by atoms with Gasteiger partial charge in [0.1, 0.15) is 18.8 Å². The fraction of sp³-hybridized carbons (Fsp3) is 0.343. The second kappa shape index (κ2) is 13.9. The topological polar surface area (TPSA) is 108 Å². The third kappa shape index (κ3) is 8.04. The van der Waals surface area contributed by atoms with Crippen LogP contribution in [0.15, 0.2) is 91.3 Å². The number of benzene rings is 3. The molecule has 1 aliphatic carbocycles. The fourth-order valence-corrected chi connectivity index (χ4v) is 5.31. The van der Waals surface area contributed by atoms with Crippen molar-refractivity contribution >= 4 is 17.4 Å². The highest BCUT2D eigenvalue weighted by Gasteiger charge is 2.44. The van der Waals surface area contributed by atoms with E-state index in [1.165, 1.54) is 18.2 Å². The SMILES string of the molecule is COCC(=O)N[C@@H](Cc1ccc(Nc2cc(-c3ccccc3)ncn2)cc1)[C@H](O)CNC1(c2cccc(C(C)C)c2)CC1. The van der Waals surface area contributed by atoms with Crippen LogP contribution in [0.4, 0.5) is 11.5 Å². The number of aromatic nitrogens is 2. The number of nitrogens with one attached hydrogen (secondary N) is 3. The summed E-state index contributed by atoms with van der Waals surface area (Å²) in [4.78, 5) is 21.2. The van der Waals surface area contributed by atoms with Gasteiger partial charge in [-0.3, -0.25) is 4.79 Å². The zero-order valence-electron chi connectivity index (χ0n) is 25.1. The number of amides is 1. The second-order valence-electron chi connectivity index (χ2n) is 11.6. The first-order chi connectivity index (χ1) is 20.8. The van der Waals surface area contributed by atoms with Crippen LogP contribution in [0.1, 0.15) is 49.3 Å². The van der Waals surface area contributed by atoms with Crippen molar-refractivity contribution in [2.24, 2.45) is 0 Å². The lowest BCUT2D eigenvalue weighted by Gasteiger charge is -2.27. The lowest BCUT2D eigenvalue weighted by molar-refractivity contribution is -0.126. The van der Waals surface area contributed by atoms with Crippen molar-refractivity contribution in [3.8, 4) is 11.3 Å². The van der Waals surface area contributed by atoms with Crippen LogP contribution in [0.3, 0.4) is 0 Å². The maximum absolute atomic E-state index is 12.5. The van der Waals surface area contributed by atoms with Crippen LogP contribution in [-0.4, -0.2) is 53.4 Å². The van der Waals surface area contributed by atoms with Crippen LogP contribution in [0, 0.1) is 0 Å². The van der Waals surface area contributed by atoms with E-state index < -0.39 is 12.1 Å². The van der Waals surface area contributed by atoms with Crippen LogP contribution in [0.25, 0.3) is 11.3 Å². The summed E-state index contributed by atoms with van der Waals surface area (Å²) in [5.41, 5.74) is 6.18. The highest BCUT2D eigenvalue weighted by Crippen LogP contribution is 2.46. The molecule has 1 saturated carbocycles. The molecule has 4 N–H and O–H groups in total. The molecule has 1 aromatic heterocycles. The van der Waals surface area contributed by atoms with E-state index in [0.717, 1.165) is 35.3 Å². The first-order valence-corrected chi connectivity index (χ1v) is 14.9. The molecule has 1 fully saturated rings. The maximum Gasteiger partial charge on any atom is 0.246 e. The highest BCUT2D eigenvalue weighted by molar-refractivity contribution is 5.77. The van der Waals surface area contributed by atoms with Gasteiger partial charge < -0.3 is 25.8 Å². The smallest absolute Gasteiger partial charge is 0.246 e. The Kier molecular flexibility index (Phi) is 9.82. The normalized spacial score (nSPS) is 15.1. The molecule has 0 saturated heterocycles. The maximum atomic E-state index is 12.5. The van der Waals surface area contributed by atoms with Gasteiger partial charge in [0.25, 0.3) is 0 Å². The fourth-order valence-electron chi connectivity index (χ4n) is 5.31. The quantitative estimate of drug-likeness (QED) is 0.160. The van der Waals surface area contributed by atoms with E-state index in [9.17, 15) is 9.90 Å². The van der Waals surface area contributed by atoms with Crippen LogP contribution >= 0.6 is 0 Å². The first-order valence-electron chi connectivity index (χ1n) is 14.9. The molecule has 8 heteroatoms. The summed E-state index contributed by atoms with van der Waals surface area (Å²) in [6.07, 6.45) is 3.28. The van der Waals surface area contributed by atoms with Gasteiger partial charge in [0.05, 0.1) is 17.8 Å². The number of nitrogens with zero attached hydrogens (tertiary/aromatic N) is 2. The summed E-state index contributed by atoms with van der Waals surface area (Å²) in [6.45, 7) is 4.70. The van der Waals surface area contributed by atoms with Crippen molar-refractivity contribution in [2.75, 3.05) is 25.6 Å². The zero-order chi connectivity index (χ0) is 30.2. The highest BCUT2D eigenvalue weighted by atomic mass is 16.5. The van der Waals surface area contributed by atoms with Gasteiger partial charge in [0.2, 0.25) is 5.91 Å². The Morgan fingerprint density at radius 3 is 2.44 bits per heavy atom. The third-order valence-electron chi connectivity index (χ3n) is 8.01. The van der Waals surface area contributed by atoms with Crippen LogP contribution in [0.5, 0.6) is 0 Å². The summed E-state index contributed by atoms with van der Waals surface area (Å²) in [5, 5.41) is 21.2. The first kappa shape index (κ1) is 30.4. The molecular formula is C35H41N5O3. The van der Waals surface area contributed by atoms with Crippen molar-refractivity contribution in [1.82, 2.24) is 20.6 Å². The molecule has 0 unspecified atom stereocenters. The predicted molar refractivity (Wildman–Crippen MR) is 170 cm³/mol. The molecule has 224 valence electrons. The van der Waals surface area contributed by atoms with Gasteiger partial charge in [-0.05, 0) is 54.0 Å². The van der Waals surface area contributed by atoms with Crippen LogP contribution in [0.2, 0.25) is 0 Å². The summed E-state index contributed by atoms with van der Waals surface area (Å²) in [6, 6.07) is 28.1. The Morgan fingerprint density at radius 2 is 1.74 bits per heavy atom. The van der Waals surface area contributed by atoms with Gasteiger partial charge in [-0.15, -0.1) is 0 Å². The van der Waals surface area contributed by atoms with Crippen LogP contribution < -0.4 is 16.0 Å². The van der Waals surface area contributed by atoms with E-state index in [2.05, 4.69) is 64.0 Å². The molecule has 1 heterocycles. The Bertz CT molecular complexity index is 1490. The number of hydrogen-bond donors (Lipinski definition) is 4. The van der Waals surface area contributed by atoms with Crippen molar-refractivity contribution in [3.05, 3.63) is 108 Å². The third-order valence-corrected chi connectivity index (χ3v) is 8.01. The molecule has 1 aliphatic rings. The summed E-state index contributed by atoms with van der Waals surface area (Å²) < 4.78 is 5.03. The predicted octanol–water partition coefficient (Wildman–Crippen LogP) is 5.32. The van der Waals surface area contributed by atoms with Crippen molar-refractivity contribution in [3.63, 3.8) is 0 Å². The van der Waals surface area contributed by atoms with Crippen LogP contribution in [-0.2, 0) is 21.5 Å². The van der Waals surface area contributed by atoms with E-state index in [1.807, 2.05) is 60.7 Å². The zero-order valence-corrected chi connectivity index (χ0v) is 25.1. The molecule has 0 radical (unpaired) electrons. The molecule has 8 nitrogen and oxygen atoms in total. The van der Waals surface area contributed by atoms with E-state index in [-0.39, 0.29) is 18.1 Å². The van der Waals surface area contributed by atoms with Gasteiger partial charge in [-0.2, -0.15) is 0 Å². The van der Waals surface area contributed by atoms with Gasteiger partial charge in [-0.1, -0.05) is 80.6 Å². The average Bonchev–Trinajstić information content (AvgIpc) is 3.82. The summed E-state index contributed by atoms with van der Waals surface area (Å²) in [5.74, 6) is 0.894. The number of anilines is 2. The lowest BCUT2D eigenvalue weighted by Crippen LogP contribution is -2.50. The molecule has 1 amide bonds. The molecule has 2 atom stereocenters. The Balaban J connectivity index is 1.23. The molecule has 5 rings (SSSR count). The molecule has 0 spiro atoms. The van der Waals surface area contributed by atoms with Gasteiger partial charge in [0.15, 0.2) is 0 Å².